The van der Waals surface area contributed by atoms with Gasteiger partial charge in [0, 0.05) is 36.5 Å². The van der Waals surface area contributed by atoms with Crippen LogP contribution in [0.15, 0.2) is 36.4 Å². The molecular formula is C24H27N3O7. The molecule has 1 saturated heterocycles. The first-order valence-electron chi connectivity index (χ1n) is 10.8. The molecule has 1 fully saturated rings. The number of carbonyl (C=O) groups excluding carboxylic acids is 3. The summed E-state index contributed by atoms with van der Waals surface area (Å²) < 4.78 is 10.3. The highest BCUT2D eigenvalue weighted by molar-refractivity contribution is 6.02. The van der Waals surface area contributed by atoms with Crippen LogP contribution in [0.2, 0.25) is 0 Å². The molecule has 0 spiro atoms. The second kappa shape index (κ2) is 10.9. The van der Waals surface area contributed by atoms with Gasteiger partial charge in [-0.25, -0.2) is 4.79 Å². The zero-order valence-electron chi connectivity index (χ0n) is 19.3. The number of amides is 2. The summed E-state index contributed by atoms with van der Waals surface area (Å²) in [6.45, 7) is 4.22. The number of rotatable bonds is 8. The van der Waals surface area contributed by atoms with Crippen molar-refractivity contribution >= 4 is 29.2 Å². The molecule has 1 N–H and O–H groups in total. The van der Waals surface area contributed by atoms with Crippen molar-refractivity contribution in [1.82, 2.24) is 4.90 Å². The van der Waals surface area contributed by atoms with E-state index in [9.17, 15) is 24.5 Å². The maximum Gasteiger partial charge on any atom is 0.338 e. The molecule has 180 valence electrons. The Morgan fingerprint density at radius 1 is 1.21 bits per heavy atom. The third kappa shape index (κ3) is 5.96. The Hall–Kier alpha value is -3.79. The fraction of sp³-hybridized carbons (Fsp3) is 0.375. The average molecular weight is 469 g/mol. The first kappa shape index (κ1) is 24.8. The lowest BCUT2D eigenvalue weighted by Crippen LogP contribution is -2.42. The number of nitro groups is 1. The van der Waals surface area contributed by atoms with Gasteiger partial charge in [0.25, 0.3) is 11.6 Å². The molecule has 2 aromatic carbocycles. The molecule has 10 nitrogen and oxygen atoms in total. The van der Waals surface area contributed by atoms with E-state index < -0.39 is 28.4 Å². The number of anilines is 1. The van der Waals surface area contributed by atoms with Gasteiger partial charge in [-0.05, 0) is 49.9 Å². The minimum absolute atomic E-state index is 0.0906. The Bertz CT molecular complexity index is 1110. The molecule has 34 heavy (non-hydrogen) atoms. The van der Waals surface area contributed by atoms with Gasteiger partial charge in [-0.1, -0.05) is 12.1 Å². The highest BCUT2D eigenvalue weighted by Crippen LogP contribution is 2.22. The summed E-state index contributed by atoms with van der Waals surface area (Å²) in [4.78, 5) is 50.2. The van der Waals surface area contributed by atoms with Gasteiger partial charge in [0.1, 0.15) is 6.54 Å². The lowest BCUT2D eigenvalue weighted by molar-refractivity contribution is -0.384. The Balaban J connectivity index is 1.89. The highest BCUT2D eigenvalue weighted by atomic mass is 16.6. The minimum Gasteiger partial charge on any atom is -0.465 e. The summed E-state index contributed by atoms with van der Waals surface area (Å²) in [6.07, 6.45) is 1.31. The molecule has 3 rings (SSSR count). The Morgan fingerprint density at radius 2 is 1.94 bits per heavy atom. The molecule has 1 aliphatic heterocycles. The van der Waals surface area contributed by atoms with E-state index in [1.807, 2.05) is 26.0 Å². The van der Waals surface area contributed by atoms with Crippen LogP contribution in [0.25, 0.3) is 0 Å². The number of non-ortho nitro benzene ring substituents is 1. The molecule has 2 aromatic rings. The molecular weight excluding hydrogens is 442 g/mol. The van der Waals surface area contributed by atoms with E-state index in [1.165, 1.54) is 11.0 Å². The predicted molar refractivity (Wildman–Crippen MR) is 124 cm³/mol. The van der Waals surface area contributed by atoms with E-state index in [0.29, 0.717) is 12.3 Å². The molecule has 0 unspecified atom stereocenters. The van der Waals surface area contributed by atoms with Crippen molar-refractivity contribution in [3.8, 4) is 0 Å². The number of benzene rings is 2. The van der Waals surface area contributed by atoms with E-state index in [-0.39, 0.29) is 30.3 Å². The van der Waals surface area contributed by atoms with E-state index in [2.05, 4.69) is 10.1 Å². The number of nitrogens with one attached hydrogen (secondary N) is 1. The zero-order valence-corrected chi connectivity index (χ0v) is 19.3. The molecule has 1 aliphatic rings. The molecule has 0 bridgehead atoms. The van der Waals surface area contributed by atoms with E-state index in [4.69, 9.17) is 4.74 Å². The number of methoxy groups -OCH3 is 1. The van der Waals surface area contributed by atoms with Crippen molar-refractivity contribution in [2.24, 2.45) is 0 Å². The quantitative estimate of drug-likeness (QED) is 0.357. The van der Waals surface area contributed by atoms with Gasteiger partial charge in [0.2, 0.25) is 5.91 Å². The lowest BCUT2D eigenvalue weighted by atomic mass is 10.1. The SMILES string of the molecule is COC(=O)c1cc(C(=O)N(CC(=O)Nc2cccc(C)c2C)C[C@@H]2CCCO2)cc([N+](=O)[O-])c1. The van der Waals surface area contributed by atoms with E-state index >= 15 is 0 Å². The molecule has 1 heterocycles. The maximum absolute atomic E-state index is 13.4. The molecule has 0 radical (unpaired) electrons. The summed E-state index contributed by atoms with van der Waals surface area (Å²) in [5, 5.41) is 14.2. The maximum atomic E-state index is 13.4. The topological polar surface area (TPSA) is 128 Å². The van der Waals surface area contributed by atoms with Gasteiger partial charge >= 0.3 is 5.97 Å². The van der Waals surface area contributed by atoms with Gasteiger partial charge in [-0.2, -0.15) is 0 Å². The van der Waals surface area contributed by atoms with Crippen molar-refractivity contribution in [3.05, 3.63) is 68.8 Å². The normalized spacial score (nSPS) is 15.0. The van der Waals surface area contributed by atoms with Gasteiger partial charge in [-0.15, -0.1) is 0 Å². The van der Waals surface area contributed by atoms with Gasteiger partial charge in [0.15, 0.2) is 0 Å². The smallest absolute Gasteiger partial charge is 0.338 e. The van der Waals surface area contributed by atoms with Crippen LogP contribution in [0, 0.1) is 24.0 Å². The number of carbonyl (C=O) groups is 3. The highest BCUT2D eigenvalue weighted by Gasteiger charge is 2.27. The van der Waals surface area contributed by atoms with Crippen molar-refractivity contribution in [2.75, 3.05) is 32.1 Å². The lowest BCUT2D eigenvalue weighted by Gasteiger charge is -2.25. The number of esters is 1. The largest absolute Gasteiger partial charge is 0.465 e. The van der Waals surface area contributed by atoms with E-state index in [1.54, 1.807) is 6.07 Å². The van der Waals surface area contributed by atoms with Crippen molar-refractivity contribution < 1.29 is 28.8 Å². The van der Waals surface area contributed by atoms with Crippen LogP contribution in [0.4, 0.5) is 11.4 Å². The summed E-state index contributed by atoms with van der Waals surface area (Å²) >= 11 is 0. The van der Waals surface area contributed by atoms with Crippen LogP contribution in [-0.4, -0.2) is 60.5 Å². The first-order chi connectivity index (χ1) is 16.2. The van der Waals surface area contributed by atoms with Gasteiger partial charge < -0.3 is 19.7 Å². The number of nitro benzene ring substituents is 1. The van der Waals surface area contributed by atoms with Crippen molar-refractivity contribution in [2.45, 2.75) is 32.8 Å². The number of nitrogens with zero attached hydrogens (tertiary/aromatic N) is 2. The second-order valence-electron chi connectivity index (χ2n) is 8.13. The number of aryl methyl sites for hydroxylation is 1. The third-order valence-corrected chi connectivity index (χ3v) is 5.75. The Morgan fingerprint density at radius 3 is 2.59 bits per heavy atom. The summed E-state index contributed by atoms with van der Waals surface area (Å²) in [5.74, 6) is -1.85. The number of hydrogen-bond donors (Lipinski definition) is 1. The summed E-state index contributed by atoms with van der Waals surface area (Å²) in [5.41, 5.74) is 1.91. The third-order valence-electron chi connectivity index (χ3n) is 5.75. The fourth-order valence-corrected chi connectivity index (χ4v) is 3.76. The Kier molecular flexibility index (Phi) is 7.95. The molecule has 10 heteroatoms. The summed E-state index contributed by atoms with van der Waals surface area (Å²) in [6, 6.07) is 8.88. The molecule has 2 amide bonds. The second-order valence-corrected chi connectivity index (χ2v) is 8.13. The van der Waals surface area contributed by atoms with Crippen molar-refractivity contribution in [3.63, 3.8) is 0 Å². The molecule has 0 aliphatic carbocycles. The predicted octanol–water partition coefficient (Wildman–Crippen LogP) is 3.26. The minimum atomic E-state index is -0.809. The molecule has 0 aromatic heterocycles. The van der Waals surface area contributed by atoms with Crippen LogP contribution < -0.4 is 5.32 Å². The number of hydrogen-bond acceptors (Lipinski definition) is 7. The van der Waals surface area contributed by atoms with E-state index in [0.717, 1.165) is 43.2 Å². The number of ether oxygens (including phenoxy) is 2. The van der Waals surface area contributed by atoms with Crippen LogP contribution in [0.3, 0.4) is 0 Å². The summed E-state index contributed by atoms with van der Waals surface area (Å²) in [7, 11) is 1.14. The average Bonchev–Trinajstić information content (AvgIpc) is 3.33. The van der Waals surface area contributed by atoms with Crippen molar-refractivity contribution in [1.29, 1.82) is 0 Å². The zero-order chi connectivity index (χ0) is 24.8. The Labute approximate surface area is 197 Å². The van der Waals surface area contributed by atoms with Crippen LogP contribution in [-0.2, 0) is 14.3 Å². The monoisotopic (exact) mass is 469 g/mol. The fourth-order valence-electron chi connectivity index (χ4n) is 3.76. The van der Waals surface area contributed by atoms with Crippen LogP contribution >= 0.6 is 0 Å². The van der Waals surface area contributed by atoms with Gasteiger partial charge in [-0.3, -0.25) is 19.7 Å². The first-order valence-corrected chi connectivity index (χ1v) is 10.8. The standard InChI is InChI=1S/C24H27N3O7/c1-15-6-4-8-21(16(15)2)25-22(28)14-26(13-20-7-5-9-34-20)23(29)17-10-18(24(30)33-3)12-19(11-17)27(31)32/h4,6,8,10-12,20H,5,7,9,13-14H2,1-3H3,(H,25,28)/t20-/m0/s1. The molecule has 1 atom stereocenters. The van der Waals surface area contributed by atoms with Crippen LogP contribution in [0.1, 0.15) is 44.7 Å². The van der Waals surface area contributed by atoms with Gasteiger partial charge in [0.05, 0.1) is 23.7 Å². The van der Waals surface area contributed by atoms with Crippen LogP contribution in [0.5, 0.6) is 0 Å². The molecule has 0 saturated carbocycles.